The lowest BCUT2D eigenvalue weighted by atomic mass is 9.75. The molecule has 1 amide bonds. The van der Waals surface area contributed by atoms with Gasteiger partial charge in [0.15, 0.2) is 0 Å². The van der Waals surface area contributed by atoms with Crippen LogP contribution in [-0.4, -0.2) is 43.7 Å². The van der Waals surface area contributed by atoms with E-state index in [1.165, 1.54) is 12.8 Å². The molecule has 2 rings (SSSR count). The minimum absolute atomic E-state index is 0.210. The molecule has 0 spiro atoms. The second-order valence-corrected chi connectivity index (χ2v) is 5.05. The lowest BCUT2D eigenvalue weighted by molar-refractivity contribution is -0.142. The summed E-state index contributed by atoms with van der Waals surface area (Å²) < 4.78 is 5.08. The van der Waals surface area contributed by atoms with E-state index in [1.54, 1.807) is 7.11 Å². The molecule has 1 saturated carbocycles. The van der Waals surface area contributed by atoms with E-state index in [4.69, 9.17) is 10.5 Å². The molecular weight excluding hydrogens is 204 g/mol. The van der Waals surface area contributed by atoms with Gasteiger partial charge in [-0.3, -0.25) is 4.79 Å². The van der Waals surface area contributed by atoms with E-state index in [0.717, 1.165) is 19.4 Å². The fourth-order valence-electron chi connectivity index (χ4n) is 3.38. The number of hydrogen-bond acceptors (Lipinski definition) is 3. The van der Waals surface area contributed by atoms with E-state index >= 15 is 0 Å². The number of amides is 1. The number of nitrogens with two attached hydrogens (primary N) is 1. The number of nitrogens with zero attached hydrogens (tertiary/aromatic N) is 1. The Morgan fingerprint density at radius 3 is 3.06 bits per heavy atom. The van der Waals surface area contributed by atoms with Gasteiger partial charge < -0.3 is 15.4 Å². The lowest BCUT2D eigenvalue weighted by Gasteiger charge is -2.45. The van der Waals surface area contributed by atoms with Gasteiger partial charge in [-0.05, 0) is 25.8 Å². The Balaban J connectivity index is 2.12. The van der Waals surface area contributed by atoms with Crippen LogP contribution in [0.2, 0.25) is 0 Å². The molecule has 0 aromatic carbocycles. The summed E-state index contributed by atoms with van der Waals surface area (Å²) in [6, 6.07) is 0.369. The predicted octanol–water partition coefficient (Wildman–Crippen LogP) is 0.753. The van der Waals surface area contributed by atoms with Crippen LogP contribution in [-0.2, 0) is 9.53 Å². The zero-order chi connectivity index (χ0) is 11.6. The smallest absolute Gasteiger partial charge is 0.222 e. The molecule has 4 nitrogen and oxygen atoms in total. The Morgan fingerprint density at radius 2 is 2.38 bits per heavy atom. The van der Waals surface area contributed by atoms with Gasteiger partial charge in [0.1, 0.15) is 0 Å². The molecule has 0 radical (unpaired) electrons. The largest absolute Gasteiger partial charge is 0.383 e. The monoisotopic (exact) mass is 226 g/mol. The summed E-state index contributed by atoms with van der Waals surface area (Å²) in [5.41, 5.74) is 6.16. The Morgan fingerprint density at radius 1 is 1.56 bits per heavy atom. The molecular formula is C12H22N2O2. The van der Waals surface area contributed by atoms with Crippen LogP contribution in [0.5, 0.6) is 0 Å². The van der Waals surface area contributed by atoms with Crippen molar-refractivity contribution >= 4 is 5.91 Å². The van der Waals surface area contributed by atoms with Gasteiger partial charge in [0.05, 0.1) is 6.61 Å². The van der Waals surface area contributed by atoms with Gasteiger partial charge >= 0.3 is 0 Å². The van der Waals surface area contributed by atoms with Crippen LogP contribution in [0.25, 0.3) is 0 Å². The molecule has 0 aromatic heterocycles. The average molecular weight is 226 g/mol. The van der Waals surface area contributed by atoms with Crippen LogP contribution in [0.3, 0.4) is 0 Å². The van der Waals surface area contributed by atoms with Crippen LogP contribution in [0.4, 0.5) is 0 Å². The van der Waals surface area contributed by atoms with Crippen LogP contribution in [0.1, 0.15) is 32.1 Å². The second kappa shape index (κ2) is 4.72. The minimum Gasteiger partial charge on any atom is -0.383 e. The van der Waals surface area contributed by atoms with Crippen molar-refractivity contribution in [3.8, 4) is 0 Å². The van der Waals surface area contributed by atoms with Gasteiger partial charge in [-0.1, -0.05) is 6.42 Å². The molecule has 0 aromatic rings. The SMILES string of the molecule is COCCN1C(=O)CC[C@]2(CN)CCC[C@@H]12. The number of carbonyl (C=O) groups excluding carboxylic acids is 1. The maximum absolute atomic E-state index is 11.9. The molecule has 0 bridgehead atoms. The van der Waals surface area contributed by atoms with E-state index in [0.29, 0.717) is 25.6 Å². The van der Waals surface area contributed by atoms with E-state index < -0.39 is 0 Å². The molecule has 4 heteroatoms. The number of methoxy groups -OCH3 is 1. The van der Waals surface area contributed by atoms with Crippen molar-refractivity contribution < 1.29 is 9.53 Å². The van der Waals surface area contributed by atoms with Crippen LogP contribution < -0.4 is 5.73 Å². The first-order valence-electron chi connectivity index (χ1n) is 6.22. The molecule has 16 heavy (non-hydrogen) atoms. The third-order valence-electron chi connectivity index (χ3n) is 4.34. The molecule has 0 unspecified atom stereocenters. The molecule has 2 N–H and O–H groups in total. The quantitative estimate of drug-likeness (QED) is 0.769. The Labute approximate surface area is 97.1 Å². The molecule has 2 atom stereocenters. The lowest BCUT2D eigenvalue weighted by Crippen LogP contribution is -2.55. The van der Waals surface area contributed by atoms with E-state index in [2.05, 4.69) is 0 Å². The molecule has 2 fully saturated rings. The van der Waals surface area contributed by atoms with Crippen molar-refractivity contribution in [1.82, 2.24) is 4.90 Å². The normalized spacial score (nSPS) is 34.2. The maximum atomic E-state index is 11.9. The highest BCUT2D eigenvalue weighted by molar-refractivity contribution is 5.77. The average Bonchev–Trinajstić information content (AvgIpc) is 2.72. The summed E-state index contributed by atoms with van der Waals surface area (Å²) in [5, 5.41) is 0. The minimum atomic E-state index is 0.210. The van der Waals surface area contributed by atoms with Crippen molar-refractivity contribution in [3.05, 3.63) is 0 Å². The highest BCUT2D eigenvalue weighted by Gasteiger charge is 2.48. The summed E-state index contributed by atoms with van der Waals surface area (Å²) in [7, 11) is 1.68. The third-order valence-corrected chi connectivity index (χ3v) is 4.34. The van der Waals surface area contributed by atoms with E-state index in [-0.39, 0.29) is 11.3 Å². The predicted molar refractivity (Wildman–Crippen MR) is 61.9 cm³/mol. The van der Waals surface area contributed by atoms with Crippen molar-refractivity contribution in [2.24, 2.45) is 11.1 Å². The van der Waals surface area contributed by atoms with Crippen LogP contribution in [0.15, 0.2) is 0 Å². The van der Waals surface area contributed by atoms with Gasteiger partial charge in [-0.25, -0.2) is 0 Å². The third kappa shape index (κ3) is 1.84. The standard InChI is InChI=1S/C12H22N2O2/c1-16-8-7-14-10-3-2-5-12(10,9-13)6-4-11(14)15/h10H,2-9,13H2,1H3/t10-,12+/m1/s1. The number of fused-ring (bicyclic) bond motifs is 1. The van der Waals surface area contributed by atoms with Gasteiger partial charge in [0, 0.05) is 31.5 Å². The topological polar surface area (TPSA) is 55.6 Å². The fourth-order valence-corrected chi connectivity index (χ4v) is 3.38. The molecule has 1 saturated heterocycles. The zero-order valence-electron chi connectivity index (χ0n) is 10.1. The van der Waals surface area contributed by atoms with Crippen molar-refractivity contribution in [2.75, 3.05) is 26.8 Å². The van der Waals surface area contributed by atoms with E-state index in [9.17, 15) is 4.79 Å². The second-order valence-electron chi connectivity index (χ2n) is 5.05. The number of rotatable bonds is 4. The van der Waals surface area contributed by atoms with Gasteiger partial charge in [0.25, 0.3) is 0 Å². The Kier molecular flexibility index (Phi) is 3.50. The maximum Gasteiger partial charge on any atom is 0.222 e. The van der Waals surface area contributed by atoms with Gasteiger partial charge in [-0.2, -0.15) is 0 Å². The number of likely N-dealkylation sites (tertiary alicyclic amines) is 1. The molecule has 92 valence electrons. The van der Waals surface area contributed by atoms with Crippen molar-refractivity contribution in [2.45, 2.75) is 38.1 Å². The highest BCUT2D eigenvalue weighted by Crippen LogP contribution is 2.47. The number of hydrogen-bond donors (Lipinski definition) is 1. The summed E-state index contributed by atoms with van der Waals surface area (Å²) in [5.74, 6) is 0.285. The Bertz CT molecular complexity index is 270. The first kappa shape index (κ1) is 11.9. The number of piperidine rings is 1. The van der Waals surface area contributed by atoms with Crippen LogP contribution in [0, 0.1) is 5.41 Å². The fraction of sp³-hybridized carbons (Fsp3) is 0.917. The molecule has 2 aliphatic rings. The van der Waals surface area contributed by atoms with Gasteiger partial charge in [0.2, 0.25) is 5.91 Å². The van der Waals surface area contributed by atoms with E-state index in [1.807, 2.05) is 4.90 Å². The molecule has 1 aliphatic carbocycles. The first-order chi connectivity index (χ1) is 7.73. The summed E-state index contributed by atoms with van der Waals surface area (Å²) >= 11 is 0. The first-order valence-corrected chi connectivity index (χ1v) is 6.22. The Hall–Kier alpha value is -0.610. The van der Waals surface area contributed by atoms with Gasteiger partial charge in [-0.15, -0.1) is 0 Å². The van der Waals surface area contributed by atoms with Crippen molar-refractivity contribution in [1.29, 1.82) is 0 Å². The summed E-state index contributed by atoms with van der Waals surface area (Å²) in [4.78, 5) is 14.0. The van der Waals surface area contributed by atoms with Crippen molar-refractivity contribution in [3.63, 3.8) is 0 Å². The van der Waals surface area contributed by atoms with Crippen LogP contribution >= 0.6 is 0 Å². The molecule has 1 aliphatic heterocycles. The number of carbonyl (C=O) groups is 1. The number of ether oxygens (including phenoxy) is 1. The highest BCUT2D eigenvalue weighted by atomic mass is 16.5. The summed E-state index contributed by atoms with van der Waals surface area (Å²) in [6.45, 7) is 2.07. The summed E-state index contributed by atoms with van der Waals surface area (Å²) in [6.07, 6.45) is 5.16. The zero-order valence-corrected chi connectivity index (χ0v) is 10.1. The molecule has 1 heterocycles.